The predicted octanol–water partition coefficient (Wildman–Crippen LogP) is 1.62. The lowest BCUT2D eigenvalue weighted by molar-refractivity contribution is 0.0660. The number of nitrogens with one attached hydrogen (secondary N) is 1. The van der Waals surface area contributed by atoms with E-state index < -0.39 is 5.97 Å². The number of hydrogen-bond donors (Lipinski definition) is 3. The second kappa shape index (κ2) is 5.84. The van der Waals surface area contributed by atoms with Crippen molar-refractivity contribution in [3.8, 4) is 0 Å². The summed E-state index contributed by atoms with van der Waals surface area (Å²) in [7, 11) is 0. The van der Waals surface area contributed by atoms with Crippen molar-refractivity contribution in [2.45, 2.75) is 38.8 Å². The summed E-state index contributed by atoms with van der Waals surface area (Å²) >= 11 is 0. The molecule has 1 aromatic heterocycles. The van der Waals surface area contributed by atoms with Gasteiger partial charge in [-0.3, -0.25) is 0 Å². The fraction of sp³-hybridized carbons (Fsp3) is 0.583. The molecular weight excluding hydrogens is 222 g/mol. The molecule has 0 bridgehead atoms. The Balaban J connectivity index is 2.72. The van der Waals surface area contributed by atoms with Crippen LogP contribution in [0.15, 0.2) is 16.7 Å². The van der Waals surface area contributed by atoms with Crippen molar-refractivity contribution in [2.75, 3.05) is 6.61 Å². The van der Waals surface area contributed by atoms with Crippen molar-refractivity contribution in [1.29, 1.82) is 0 Å². The summed E-state index contributed by atoms with van der Waals surface area (Å²) in [6, 6.07) is 1.63. The highest BCUT2D eigenvalue weighted by molar-refractivity contribution is 5.86. The Hall–Kier alpha value is -1.33. The van der Waals surface area contributed by atoms with Crippen LogP contribution in [-0.2, 0) is 6.54 Å². The highest BCUT2D eigenvalue weighted by Gasteiger charge is 2.25. The van der Waals surface area contributed by atoms with Gasteiger partial charge < -0.3 is 19.9 Å². The lowest BCUT2D eigenvalue weighted by Crippen LogP contribution is -2.47. The summed E-state index contributed by atoms with van der Waals surface area (Å²) in [6.45, 7) is 4.38. The molecule has 0 saturated heterocycles. The number of furan rings is 1. The first kappa shape index (κ1) is 13.7. The third-order valence-corrected chi connectivity index (χ3v) is 3.25. The van der Waals surface area contributed by atoms with Gasteiger partial charge in [0.2, 0.25) is 5.76 Å². The zero-order valence-corrected chi connectivity index (χ0v) is 10.2. The van der Waals surface area contributed by atoms with Crippen LogP contribution in [0.5, 0.6) is 0 Å². The number of aliphatic hydroxyl groups excluding tert-OH is 1. The van der Waals surface area contributed by atoms with Gasteiger partial charge >= 0.3 is 5.97 Å². The van der Waals surface area contributed by atoms with E-state index in [1.807, 2.05) is 13.8 Å². The van der Waals surface area contributed by atoms with Gasteiger partial charge in [0.15, 0.2) is 0 Å². The van der Waals surface area contributed by atoms with E-state index in [9.17, 15) is 9.90 Å². The Morgan fingerprint density at radius 1 is 1.47 bits per heavy atom. The van der Waals surface area contributed by atoms with Crippen molar-refractivity contribution in [3.63, 3.8) is 0 Å². The third-order valence-electron chi connectivity index (χ3n) is 3.25. The number of aliphatic hydroxyl groups is 1. The SMILES string of the molecule is CCC(CC)(CO)NCc1ccoc1C(=O)O. The van der Waals surface area contributed by atoms with Crippen LogP contribution in [0.25, 0.3) is 0 Å². The van der Waals surface area contributed by atoms with Crippen molar-refractivity contribution >= 4 is 5.97 Å². The molecule has 17 heavy (non-hydrogen) atoms. The van der Waals surface area contributed by atoms with Crippen molar-refractivity contribution in [3.05, 3.63) is 23.7 Å². The number of carboxylic acid groups (broad SMARTS) is 1. The Bertz CT molecular complexity index is 360. The van der Waals surface area contributed by atoms with Gasteiger partial charge in [0, 0.05) is 17.6 Å². The average molecular weight is 241 g/mol. The second-order valence-corrected chi connectivity index (χ2v) is 4.08. The van der Waals surface area contributed by atoms with Gasteiger partial charge in [0.25, 0.3) is 0 Å². The van der Waals surface area contributed by atoms with Gasteiger partial charge in [-0.25, -0.2) is 4.79 Å². The molecule has 0 unspecified atom stereocenters. The molecule has 0 amide bonds. The quantitative estimate of drug-likeness (QED) is 0.675. The average Bonchev–Trinajstić information content (AvgIpc) is 2.80. The van der Waals surface area contributed by atoms with Crippen LogP contribution in [0.1, 0.15) is 42.8 Å². The largest absolute Gasteiger partial charge is 0.475 e. The van der Waals surface area contributed by atoms with Crippen LogP contribution in [0.3, 0.4) is 0 Å². The summed E-state index contributed by atoms with van der Waals surface area (Å²) in [6.07, 6.45) is 2.92. The van der Waals surface area contributed by atoms with E-state index in [-0.39, 0.29) is 17.9 Å². The number of rotatable bonds is 7. The first-order valence-corrected chi connectivity index (χ1v) is 5.74. The zero-order chi connectivity index (χ0) is 12.9. The number of aromatic carboxylic acids is 1. The topological polar surface area (TPSA) is 82.7 Å². The smallest absolute Gasteiger partial charge is 0.372 e. The van der Waals surface area contributed by atoms with Crippen LogP contribution in [0.2, 0.25) is 0 Å². The van der Waals surface area contributed by atoms with Crippen LogP contribution < -0.4 is 5.32 Å². The summed E-state index contributed by atoms with van der Waals surface area (Å²) in [4.78, 5) is 10.8. The van der Waals surface area contributed by atoms with Gasteiger partial charge in [-0.1, -0.05) is 13.8 Å². The molecule has 0 spiro atoms. The van der Waals surface area contributed by atoms with Crippen LogP contribution in [0, 0.1) is 0 Å². The molecule has 5 nitrogen and oxygen atoms in total. The van der Waals surface area contributed by atoms with E-state index >= 15 is 0 Å². The number of carboxylic acids is 1. The lowest BCUT2D eigenvalue weighted by Gasteiger charge is -2.30. The molecular formula is C12H19NO4. The lowest BCUT2D eigenvalue weighted by atomic mass is 9.93. The molecule has 0 aromatic carbocycles. The Labute approximate surface area is 100 Å². The van der Waals surface area contributed by atoms with Crippen LogP contribution in [-0.4, -0.2) is 28.3 Å². The van der Waals surface area contributed by atoms with Gasteiger partial charge in [-0.2, -0.15) is 0 Å². The molecule has 0 aliphatic heterocycles. The fourth-order valence-electron chi connectivity index (χ4n) is 1.72. The summed E-state index contributed by atoms with van der Waals surface area (Å²) in [5.41, 5.74) is 0.241. The monoisotopic (exact) mass is 241 g/mol. The Morgan fingerprint density at radius 3 is 2.59 bits per heavy atom. The van der Waals surface area contributed by atoms with E-state index in [1.54, 1.807) is 6.07 Å². The normalized spacial score (nSPS) is 11.7. The highest BCUT2D eigenvalue weighted by Crippen LogP contribution is 2.17. The van der Waals surface area contributed by atoms with Gasteiger partial charge in [-0.15, -0.1) is 0 Å². The van der Waals surface area contributed by atoms with Gasteiger partial charge in [-0.05, 0) is 18.9 Å². The van der Waals surface area contributed by atoms with Crippen molar-refractivity contribution in [1.82, 2.24) is 5.32 Å². The standard InChI is InChI=1S/C12H19NO4/c1-3-12(4-2,8-14)13-7-9-5-6-17-10(9)11(15)16/h5-6,13-14H,3-4,7-8H2,1-2H3,(H,15,16). The molecule has 1 aromatic rings. The second-order valence-electron chi connectivity index (χ2n) is 4.08. The minimum atomic E-state index is -1.07. The molecule has 96 valence electrons. The molecule has 3 N–H and O–H groups in total. The maximum absolute atomic E-state index is 10.8. The predicted molar refractivity (Wildman–Crippen MR) is 62.9 cm³/mol. The van der Waals surface area contributed by atoms with Crippen LogP contribution >= 0.6 is 0 Å². The zero-order valence-electron chi connectivity index (χ0n) is 10.2. The Kier molecular flexibility index (Phi) is 4.72. The molecule has 0 saturated carbocycles. The minimum absolute atomic E-state index is 0.0280. The summed E-state index contributed by atoms with van der Waals surface area (Å²) in [5.74, 6) is -1.12. The first-order valence-electron chi connectivity index (χ1n) is 5.74. The third kappa shape index (κ3) is 3.08. The van der Waals surface area contributed by atoms with Crippen LogP contribution in [0.4, 0.5) is 0 Å². The number of hydrogen-bond acceptors (Lipinski definition) is 4. The molecule has 1 heterocycles. The van der Waals surface area contributed by atoms with E-state index in [1.165, 1.54) is 6.26 Å². The molecule has 0 fully saturated rings. The highest BCUT2D eigenvalue weighted by atomic mass is 16.4. The molecule has 5 heteroatoms. The molecule has 0 atom stereocenters. The molecule has 0 aliphatic rings. The van der Waals surface area contributed by atoms with Crippen molar-refractivity contribution < 1.29 is 19.4 Å². The van der Waals surface area contributed by atoms with E-state index in [4.69, 9.17) is 9.52 Å². The summed E-state index contributed by atoms with van der Waals surface area (Å²) in [5, 5.41) is 21.5. The van der Waals surface area contributed by atoms with E-state index in [0.29, 0.717) is 12.1 Å². The minimum Gasteiger partial charge on any atom is -0.475 e. The Morgan fingerprint density at radius 2 is 2.12 bits per heavy atom. The molecule has 0 aliphatic carbocycles. The maximum Gasteiger partial charge on any atom is 0.372 e. The van der Waals surface area contributed by atoms with Crippen molar-refractivity contribution in [2.24, 2.45) is 0 Å². The van der Waals surface area contributed by atoms with Gasteiger partial charge in [0.1, 0.15) is 0 Å². The summed E-state index contributed by atoms with van der Waals surface area (Å²) < 4.78 is 4.89. The maximum atomic E-state index is 10.8. The molecule has 1 rings (SSSR count). The van der Waals surface area contributed by atoms with E-state index in [0.717, 1.165) is 12.8 Å². The fourth-order valence-corrected chi connectivity index (χ4v) is 1.72. The van der Waals surface area contributed by atoms with Gasteiger partial charge in [0.05, 0.1) is 12.9 Å². The van der Waals surface area contributed by atoms with E-state index in [2.05, 4.69) is 5.32 Å². The first-order chi connectivity index (χ1) is 8.08. The number of carbonyl (C=O) groups is 1. The molecule has 0 radical (unpaired) electrons.